The molecule has 3 N–H and O–H groups in total. The van der Waals surface area contributed by atoms with E-state index < -0.39 is 6.09 Å². The van der Waals surface area contributed by atoms with Crippen LogP contribution in [0.25, 0.3) is 10.1 Å². The topological polar surface area (TPSA) is 76.7 Å². The van der Waals surface area contributed by atoms with E-state index >= 15 is 0 Å². The van der Waals surface area contributed by atoms with E-state index in [4.69, 9.17) is 22.2 Å². The lowest BCUT2D eigenvalue weighted by molar-refractivity contribution is 0.166. The van der Waals surface area contributed by atoms with Crippen molar-refractivity contribution in [1.29, 1.82) is 0 Å². The Morgan fingerprint density at radius 2 is 2.04 bits per heavy atom. The summed E-state index contributed by atoms with van der Waals surface area (Å²) in [6.45, 7) is 0. The maximum Gasteiger partial charge on any atom is 0.437 e. The van der Waals surface area contributed by atoms with Crippen molar-refractivity contribution in [2.24, 2.45) is 10.9 Å². The van der Waals surface area contributed by atoms with Gasteiger partial charge in [0.1, 0.15) is 5.84 Å². The van der Waals surface area contributed by atoms with Crippen LogP contribution in [0.3, 0.4) is 0 Å². The van der Waals surface area contributed by atoms with Crippen LogP contribution in [0.15, 0.2) is 59.1 Å². The number of nitrogens with one attached hydrogen (secondary N) is 1. The van der Waals surface area contributed by atoms with E-state index in [0.29, 0.717) is 17.1 Å². The highest BCUT2D eigenvalue weighted by Gasteiger charge is 2.08. The van der Waals surface area contributed by atoms with Gasteiger partial charge in [-0.05, 0) is 46.7 Å². The van der Waals surface area contributed by atoms with E-state index in [-0.39, 0.29) is 5.84 Å². The molecule has 0 aliphatic carbocycles. The maximum absolute atomic E-state index is 11.7. The third-order valence-corrected chi connectivity index (χ3v) is 4.50. The minimum Gasteiger partial charge on any atom is -0.384 e. The van der Waals surface area contributed by atoms with E-state index in [1.165, 1.54) is 0 Å². The molecule has 0 radical (unpaired) electrons. The molecule has 0 unspecified atom stereocenters. The van der Waals surface area contributed by atoms with Crippen molar-refractivity contribution in [3.8, 4) is 0 Å². The summed E-state index contributed by atoms with van der Waals surface area (Å²) < 4.78 is 1.12. The highest BCUT2D eigenvalue weighted by atomic mass is 35.5. The molecule has 0 saturated carbocycles. The Labute approximate surface area is 147 Å². The minimum absolute atomic E-state index is 0.206. The molecular weight excluding hydrogens is 346 g/mol. The molecule has 7 heteroatoms. The van der Waals surface area contributed by atoms with E-state index in [9.17, 15) is 4.79 Å². The molecule has 0 aliphatic heterocycles. The van der Waals surface area contributed by atoms with Gasteiger partial charge in [0.05, 0.1) is 0 Å². The first kappa shape index (κ1) is 16.3. The highest BCUT2D eigenvalue weighted by molar-refractivity contribution is 7.17. The molecule has 0 atom stereocenters. The average Bonchev–Trinajstić information content (AvgIpc) is 2.96. The quantitative estimate of drug-likeness (QED) is 0.309. The lowest BCUT2D eigenvalue weighted by Gasteiger charge is -2.03. The predicted octanol–water partition coefficient (Wildman–Crippen LogP) is 4.62. The zero-order chi connectivity index (χ0) is 16.9. The minimum atomic E-state index is -0.692. The largest absolute Gasteiger partial charge is 0.437 e. The van der Waals surface area contributed by atoms with Crippen LogP contribution >= 0.6 is 22.9 Å². The van der Waals surface area contributed by atoms with Crippen molar-refractivity contribution in [2.75, 3.05) is 5.32 Å². The molecule has 0 aliphatic rings. The van der Waals surface area contributed by atoms with Crippen molar-refractivity contribution in [3.63, 3.8) is 0 Å². The fourth-order valence-electron chi connectivity index (χ4n) is 2.18. The Balaban J connectivity index is 1.63. The molecule has 0 saturated heterocycles. The van der Waals surface area contributed by atoms with Gasteiger partial charge in [-0.15, -0.1) is 11.3 Å². The number of carbonyl (C=O) groups excluding carboxylic acids is 1. The van der Waals surface area contributed by atoms with E-state index in [1.54, 1.807) is 35.6 Å². The van der Waals surface area contributed by atoms with Gasteiger partial charge in [0.2, 0.25) is 0 Å². The monoisotopic (exact) mass is 359 g/mol. The van der Waals surface area contributed by atoms with Crippen molar-refractivity contribution in [3.05, 3.63) is 64.5 Å². The van der Waals surface area contributed by atoms with Gasteiger partial charge in [0.15, 0.2) is 0 Å². The third kappa shape index (κ3) is 4.04. The van der Waals surface area contributed by atoms with Crippen LogP contribution in [-0.4, -0.2) is 11.9 Å². The van der Waals surface area contributed by atoms with Crippen LogP contribution in [0.4, 0.5) is 10.5 Å². The van der Waals surface area contributed by atoms with Gasteiger partial charge >= 0.3 is 6.09 Å². The second kappa shape index (κ2) is 7.33. The summed E-state index contributed by atoms with van der Waals surface area (Å²) in [5.41, 5.74) is 7.46. The summed E-state index contributed by atoms with van der Waals surface area (Å²) in [6.07, 6.45) is -0.318. The number of benzene rings is 2. The van der Waals surface area contributed by atoms with Crippen molar-refractivity contribution in [2.45, 2.75) is 6.42 Å². The summed E-state index contributed by atoms with van der Waals surface area (Å²) >= 11 is 7.63. The normalized spacial score (nSPS) is 11.5. The number of thiophene rings is 1. The van der Waals surface area contributed by atoms with Crippen molar-refractivity contribution in [1.82, 2.24) is 0 Å². The number of hydrogen-bond donors (Lipinski definition) is 2. The lowest BCUT2D eigenvalue weighted by atomic mass is 10.1. The van der Waals surface area contributed by atoms with E-state index in [0.717, 1.165) is 15.6 Å². The number of amidine groups is 1. The zero-order valence-corrected chi connectivity index (χ0v) is 14.1. The average molecular weight is 360 g/mol. The molecule has 2 aromatic carbocycles. The molecule has 1 amide bonds. The van der Waals surface area contributed by atoms with Crippen LogP contribution in [0.2, 0.25) is 5.02 Å². The number of halogens is 1. The smallest absolute Gasteiger partial charge is 0.384 e. The Hall–Kier alpha value is -2.57. The van der Waals surface area contributed by atoms with Gasteiger partial charge in [0, 0.05) is 21.8 Å². The summed E-state index contributed by atoms with van der Waals surface area (Å²) in [4.78, 5) is 16.4. The number of rotatable bonds is 4. The number of para-hydroxylation sites is 1. The predicted molar refractivity (Wildman–Crippen MR) is 98.7 cm³/mol. The van der Waals surface area contributed by atoms with Gasteiger partial charge in [-0.25, -0.2) is 4.79 Å². The van der Waals surface area contributed by atoms with Gasteiger partial charge < -0.3 is 5.73 Å². The second-order valence-electron chi connectivity index (χ2n) is 5.03. The number of nitrogens with two attached hydrogens (primary N) is 1. The maximum atomic E-state index is 11.7. The number of anilines is 1. The molecule has 0 spiro atoms. The van der Waals surface area contributed by atoms with Crippen LogP contribution in [-0.2, 0) is 11.3 Å². The third-order valence-electron chi connectivity index (χ3n) is 3.25. The molecule has 24 heavy (non-hydrogen) atoms. The Kier molecular flexibility index (Phi) is 4.98. The van der Waals surface area contributed by atoms with Crippen LogP contribution in [0.5, 0.6) is 0 Å². The fourth-order valence-corrected chi connectivity index (χ4v) is 3.30. The molecule has 3 aromatic rings. The summed E-state index contributed by atoms with van der Waals surface area (Å²) in [5.74, 6) is 0.206. The first-order chi connectivity index (χ1) is 11.6. The Morgan fingerprint density at radius 1 is 1.25 bits per heavy atom. The van der Waals surface area contributed by atoms with Crippen LogP contribution in [0.1, 0.15) is 5.56 Å². The molecule has 1 aromatic heterocycles. The molecule has 5 nitrogen and oxygen atoms in total. The van der Waals surface area contributed by atoms with Crippen molar-refractivity contribution >= 4 is 50.6 Å². The number of fused-ring (bicyclic) bond motifs is 1. The number of amides is 1. The van der Waals surface area contributed by atoms with Gasteiger partial charge in [0.25, 0.3) is 0 Å². The number of hydrogen-bond acceptors (Lipinski definition) is 4. The van der Waals surface area contributed by atoms with Crippen LogP contribution < -0.4 is 11.1 Å². The molecular formula is C17H14ClN3O2S. The second-order valence-corrected chi connectivity index (χ2v) is 6.38. The van der Waals surface area contributed by atoms with Gasteiger partial charge in [-0.1, -0.05) is 35.0 Å². The number of carbonyl (C=O) groups is 1. The summed E-state index contributed by atoms with van der Waals surface area (Å²) in [5, 5.41) is 9.92. The Morgan fingerprint density at radius 3 is 2.83 bits per heavy atom. The summed E-state index contributed by atoms with van der Waals surface area (Å²) in [7, 11) is 0. The number of nitrogens with zero attached hydrogens (tertiary/aromatic N) is 1. The first-order valence-corrected chi connectivity index (χ1v) is 8.38. The SMILES string of the molecule is N/C(Cc1csc2ccc(Cl)cc12)=N\OC(=O)Nc1ccccc1. The molecule has 1 heterocycles. The molecule has 0 fully saturated rings. The molecule has 3 rings (SSSR count). The van der Waals surface area contributed by atoms with E-state index in [1.807, 2.05) is 29.6 Å². The summed E-state index contributed by atoms with van der Waals surface area (Å²) in [6, 6.07) is 14.6. The highest BCUT2D eigenvalue weighted by Crippen LogP contribution is 2.28. The number of oxime groups is 1. The van der Waals surface area contributed by atoms with Crippen molar-refractivity contribution < 1.29 is 9.63 Å². The fraction of sp³-hybridized carbons (Fsp3) is 0.0588. The van der Waals surface area contributed by atoms with Gasteiger partial charge in [-0.2, -0.15) is 0 Å². The van der Waals surface area contributed by atoms with Gasteiger partial charge in [-0.3, -0.25) is 10.2 Å². The van der Waals surface area contributed by atoms with E-state index in [2.05, 4.69) is 10.5 Å². The zero-order valence-electron chi connectivity index (χ0n) is 12.5. The van der Waals surface area contributed by atoms with Crippen LogP contribution in [0, 0.1) is 0 Å². The molecule has 0 bridgehead atoms. The lowest BCUT2D eigenvalue weighted by Crippen LogP contribution is -2.18. The first-order valence-electron chi connectivity index (χ1n) is 7.13. The Bertz CT molecular complexity index is 893. The molecule has 122 valence electrons. The standard InChI is InChI=1S/C17H14ClN3O2S/c18-12-6-7-15-14(9-12)11(10-24-15)8-16(19)21-23-17(22)20-13-4-2-1-3-5-13/h1-7,9-10H,8H2,(H2,19,21)(H,20,22).